The number of carbonyl (C=O) groups is 1. The van der Waals surface area contributed by atoms with Crippen LogP contribution in [0.2, 0.25) is 5.02 Å². The largest absolute Gasteiger partial charge is 0.492 e. The van der Waals surface area contributed by atoms with E-state index < -0.39 is 6.04 Å². The molecule has 2 N–H and O–H groups in total. The highest BCUT2D eigenvalue weighted by atomic mass is 35.5. The fourth-order valence-corrected chi connectivity index (χ4v) is 2.08. The van der Waals surface area contributed by atoms with Crippen LogP contribution in [0.4, 0.5) is 11.4 Å². The second kappa shape index (κ2) is 7.71. The molecule has 4 nitrogen and oxygen atoms in total. The predicted octanol–water partition coefficient (Wildman–Crippen LogP) is 4.18. The summed E-state index contributed by atoms with van der Waals surface area (Å²) in [6, 6.07) is 14.1. The van der Waals surface area contributed by atoms with Crippen molar-refractivity contribution in [1.82, 2.24) is 0 Å². The van der Waals surface area contributed by atoms with Gasteiger partial charge < -0.3 is 15.4 Å². The number of nitrogens with one attached hydrogen (secondary N) is 2. The van der Waals surface area contributed by atoms with E-state index in [1.54, 1.807) is 31.2 Å². The number of ether oxygens (including phenoxy) is 1. The van der Waals surface area contributed by atoms with E-state index in [0.29, 0.717) is 17.3 Å². The molecule has 2 aromatic rings. The zero-order valence-electron chi connectivity index (χ0n) is 12.6. The first-order chi connectivity index (χ1) is 10.6. The molecular weight excluding hydrogens is 300 g/mol. The predicted molar refractivity (Wildman–Crippen MR) is 90.8 cm³/mol. The molecule has 0 aliphatic rings. The van der Waals surface area contributed by atoms with Crippen LogP contribution in [0.25, 0.3) is 0 Å². The Bertz CT molecular complexity index is 629. The molecule has 2 rings (SSSR count). The Morgan fingerprint density at radius 3 is 2.55 bits per heavy atom. The summed E-state index contributed by atoms with van der Waals surface area (Å²) < 4.78 is 5.54. The molecule has 0 saturated carbocycles. The highest BCUT2D eigenvalue weighted by Gasteiger charge is 2.14. The van der Waals surface area contributed by atoms with Crippen molar-refractivity contribution in [1.29, 1.82) is 0 Å². The quantitative estimate of drug-likeness (QED) is 0.840. The first-order valence-corrected chi connectivity index (χ1v) is 7.52. The van der Waals surface area contributed by atoms with Crippen molar-refractivity contribution in [3.05, 3.63) is 53.6 Å². The standard InChI is InChI=1S/C17H19ClN2O2/c1-3-22-16-7-5-4-6-15(16)19-12(2)17(21)20-14-10-8-13(18)9-11-14/h4-12,19H,3H2,1-2H3,(H,20,21). The third kappa shape index (κ3) is 4.40. The maximum atomic E-state index is 12.2. The van der Waals surface area contributed by atoms with Gasteiger partial charge >= 0.3 is 0 Å². The van der Waals surface area contributed by atoms with Gasteiger partial charge in [-0.05, 0) is 50.2 Å². The lowest BCUT2D eigenvalue weighted by Gasteiger charge is -2.17. The van der Waals surface area contributed by atoms with Crippen molar-refractivity contribution < 1.29 is 9.53 Å². The van der Waals surface area contributed by atoms with Crippen molar-refractivity contribution in [3.8, 4) is 5.75 Å². The second-order valence-electron chi connectivity index (χ2n) is 4.79. The van der Waals surface area contributed by atoms with Crippen LogP contribution >= 0.6 is 11.6 Å². The number of halogens is 1. The molecule has 0 radical (unpaired) electrons. The van der Waals surface area contributed by atoms with Gasteiger partial charge in [-0.3, -0.25) is 4.79 Å². The molecule has 0 saturated heterocycles. The fourth-order valence-electron chi connectivity index (χ4n) is 1.95. The molecule has 0 aromatic heterocycles. The molecule has 5 heteroatoms. The molecule has 1 amide bonds. The molecule has 116 valence electrons. The van der Waals surface area contributed by atoms with Crippen LogP contribution in [0, 0.1) is 0 Å². The number of para-hydroxylation sites is 2. The number of benzene rings is 2. The molecule has 0 heterocycles. The van der Waals surface area contributed by atoms with Crippen molar-refractivity contribution in [3.63, 3.8) is 0 Å². The van der Waals surface area contributed by atoms with Gasteiger partial charge in [-0.1, -0.05) is 23.7 Å². The van der Waals surface area contributed by atoms with E-state index in [1.807, 2.05) is 31.2 Å². The fraction of sp³-hybridized carbons (Fsp3) is 0.235. The molecule has 2 aromatic carbocycles. The number of anilines is 2. The second-order valence-corrected chi connectivity index (χ2v) is 5.23. The van der Waals surface area contributed by atoms with Crippen LogP contribution in [0.15, 0.2) is 48.5 Å². The summed E-state index contributed by atoms with van der Waals surface area (Å²) in [5.74, 6) is 0.602. The van der Waals surface area contributed by atoms with E-state index in [9.17, 15) is 4.79 Å². The summed E-state index contributed by atoms with van der Waals surface area (Å²) in [6.45, 7) is 4.30. The van der Waals surface area contributed by atoms with Gasteiger partial charge in [0.25, 0.3) is 0 Å². The summed E-state index contributed by atoms with van der Waals surface area (Å²) in [4.78, 5) is 12.2. The zero-order chi connectivity index (χ0) is 15.9. The monoisotopic (exact) mass is 318 g/mol. The van der Waals surface area contributed by atoms with E-state index in [-0.39, 0.29) is 5.91 Å². The minimum Gasteiger partial charge on any atom is -0.492 e. The van der Waals surface area contributed by atoms with Gasteiger partial charge in [-0.25, -0.2) is 0 Å². The Morgan fingerprint density at radius 2 is 1.86 bits per heavy atom. The number of carbonyl (C=O) groups excluding carboxylic acids is 1. The summed E-state index contributed by atoms with van der Waals surface area (Å²) >= 11 is 5.83. The Kier molecular flexibility index (Phi) is 5.67. The van der Waals surface area contributed by atoms with Crippen molar-refractivity contribution in [2.75, 3.05) is 17.2 Å². The van der Waals surface area contributed by atoms with Crippen LogP contribution in [0.1, 0.15) is 13.8 Å². The van der Waals surface area contributed by atoms with Gasteiger partial charge in [-0.2, -0.15) is 0 Å². The third-order valence-electron chi connectivity index (χ3n) is 3.06. The van der Waals surface area contributed by atoms with Crippen molar-refractivity contribution >= 4 is 28.9 Å². The summed E-state index contributed by atoms with van der Waals surface area (Å²) in [7, 11) is 0. The van der Waals surface area contributed by atoms with Crippen molar-refractivity contribution in [2.24, 2.45) is 0 Å². The highest BCUT2D eigenvalue weighted by Crippen LogP contribution is 2.24. The molecule has 1 unspecified atom stereocenters. The third-order valence-corrected chi connectivity index (χ3v) is 3.32. The van der Waals surface area contributed by atoms with Crippen LogP contribution in [-0.4, -0.2) is 18.6 Å². The summed E-state index contributed by atoms with van der Waals surface area (Å²) in [5.41, 5.74) is 1.50. The SMILES string of the molecule is CCOc1ccccc1NC(C)C(=O)Nc1ccc(Cl)cc1. The topological polar surface area (TPSA) is 50.4 Å². The lowest BCUT2D eigenvalue weighted by Crippen LogP contribution is -2.32. The van der Waals surface area contributed by atoms with Gasteiger partial charge in [0.1, 0.15) is 11.8 Å². The Morgan fingerprint density at radius 1 is 1.18 bits per heavy atom. The average molecular weight is 319 g/mol. The number of hydrogen-bond acceptors (Lipinski definition) is 3. The summed E-state index contributed by atoms with van der Waals surface area (Å²) in [5, 5.41) is 6.64. The van der Waals surface area contributed by atoms with E-state index in [4.69, 9.17) is 16.3 Å². The number of rotatable bonds is 6. The number of hydrogen-bond donors (Lipinski definition) is 2. The summed E-state index contributed by atoms with van der Waals surface area (Å²) in [6.07, 6.45) is 0. The van der Waals surface area contributed by atoms with Gasteiger partial charge in [0.05, 0.1) is 12.3 Å². The lowest BCUT2D eigenvalue weighted by atomic mass is 10.2. The van der Waals surface area contributed by atoms with Crippen molar-refractivity contribution in [2.45, 2.75) is 19.9 Å². The average Bonchev–Trinajstić information content (AvgIpc) is 2.51. The van der Waals surface area contributed by atoms with E-state index in [0.717, 1.165) is 11.4 Å². The molecule has 0 aliphatic carbocycles. The smallest absolute Gasteiger partial charge is 0.246 e. The molecule has 22 heavy (non-hydrogen) atoms. The molecule has 0 bridgehead atoms. The first-order valence-electron chi connectivity index (χ1n) is 7.15. The van der Waals surface area contributed by atoms with Crippen LogP contribution in [0.5, 0.6) is 5.75 Å². The maximum Gasteiger partial charge on any atom is 0.246 e. The van der Waals surface area contributed by atoms with E-state index >= 15 is 0 Å². The minimum atomic E-state index is -0.405. The Hall–Kier alpha value is -2.20. The van der Waals surface area contributed by atoms with Gasteiger partial charge in [-0.15, -0.1) is 0 Å². The zero-order valence-corrected chi connectivity index (χ0v) is 13.4. The van der Waals surface area contributed by atoms with Gasteiger partial charge in [0, 0.05) is 10.7 Å². The first kappa shape index (κ1) is 16.2. The van der Waals surface area contributed by atoms with Crippen LogP contribution in [-0.2, 0) is 4.79 Å². The van der Waals surface area contributed by atoms with Gasteiger partial charge in [0.2, 0.25) is 5.91 Å². The molecular formula is C17H19ClN2O2. The molecule has 0 aliphatic heterocycles. The van der Waals surface area contributed by atoms with E-state index in [2.05, 4.69) is 10.6 Å². The van der Waals surface area contributed by atoms with Crippen LogP contribution in [0.3, 0.4) is 0 Å². The number of amides is 1. The lowest BCUT2D eigenvalue weighted by molar-refractivity contribution is -0.116. The molecule has 0 spiro atoms. The minimum absolute atomic E-state index is 0.131. The van der Waals surface area contributed by atoms with E-state index in [1.165, 1.54) is 0 Å². The Labute approximate surface area is 135 Å². The van der Waals surface area contributed by atoms with Crippen LogP contribution < -0.4 is 15.4 Å². The maximum absolute atomic E-state index is 12.2. The molecule has 1 atom stereocenters. The van der Waals surface area contributed by atoms with Gasteiger partial charge in [0.15, 0.2) is 0 Å². The Balaban J connectivity index is 2.00. The highest BCUT2D eigenvalue weighted by molar-refractivity contribution is 6.30. The molecule has 0 fully saturated rings. The normalized spacial score (nSPS) is 11.6.